The number of anilines is 1. The number of hydrogen-bond donors (Lipinski definition) is 0. The summed E-state index contributed by atoms with van der Waals surface area (Å²) < 4.78 is 0. The molecule has 23 heavy (non-hydrogen) atoms. The second-order valence-corrected chi connectivity index (χ2v) is 6.92. The highest BCUT2D eigenvalue weighted by Crippen LogP contribution is 2.27. The Bertz CT molecular complexity index is 816. The smallest absolute Gasteiger partial charge is 0.239 e. The van der Waals surface area contributed by atoms with Gasteiger partial charge in [0, 0.05) is 17.6 Å². The Morgan fingerprint density at radius 2 is 1.57 bits per heavy atom. The molecule has 0 aliphatic carbocycles. The average molecular weight is 321 g/mol. The molecule has 0 saturated carbocycles. The molecule has 116 valence electrons. The van der Waals surface area contributed by atoms with Crippen molar-refractivity contribution in [3.8, 4) is 0 Å². The lowest BCUT2D eigenvalue weighted by Crippen LogP contribution is -2.33. The second kappa shape index (κ2) is 6.88. The zero-order valence-corrected chi connectivity index (χ0v) is 14.1. The van der Waals surface area contributed by atoms with Gasteiger partial charge in [0.25, 0.3) is 0 Å². The number of hydrogen-bond acceptors (Lipinski definition) is 2. The third kappa shape index (κ3) is 3.57. The highest BCUT2D eigenvalue weighted by molar-refractivity contribution is 8.00. The van der Waals surface area contributed by atoms with Gasteiger partial charge in [-0.25, -0.2) is 0 Å². The topological polar surface area (TPSA) is 20.3 Å². The molecule has 0 aromatic heterocycles. The van der Waals surface area contributed by atoms with E-state index in [1.54, 1.807) is 16.7 Å². The number of carbonyl (C=O) groups excluding carboxylic acids is 1. The molecule has 0 aliphatic rings. The third-order valence-electron chi connectivity index (χ3n) is 3.85. The Labute approximate surface area is 141 Å². The standard InChI is InChI=1S/C20H19NOS/c1-15(23-19-10-4-3-5-11-19)20(22)21(2)18-13-12-16-8-6-7-9-17(16)14-18/h3-15H,1-2H3. The molecule has 3 rings (SSSR count). The van der Waals surface area contributed by atoms with Crippen molar-refractivity contribution < 1.29 is 4.79 Å². The number of nitrogens with zero attached hydrogens (tertiary/aromatic N) is 1. The minimum absolute atomic E-state index is 0.106. The molecule has 0 bridgehead atoms. The predicted octanol–water partition coefficient (Wildman–Crippen LogP) is 4.98. The van der Waals surface area contributed by atoms with E-state index in [2.05, 4.69) is 24.3 Å². The lowest BCUT2D eigenvalue weighted by atomic mass is 10.1. The quantitative estimate of drug-likeness (QED) is 0.631. The summed E-state index contributed by atoms with van der Waals surface area (Å²) in [7, 11) is 1.84. The van der Waals surface area contributed by atoms with Crippen molar-refractivity contribution in [3.63, 3.8) is 0 Å². The van der Waals surface area contributed by atoms with Crippen LogP contribution in [0.2, 0.25) is 0 Å². The van der Waals surface area contributed by atoms with Crippen LogP contribution in [0.1, 0.15) is 6.92 Å². The van der Waals surface area contributed by atoms with Crippen molar-refractivity contribution in [3.05, 3.63) is 72.8 Å². The summed E-state index contributed by atoms with van der Waals surface area (Å²) in [6, 6.07) is 24.3. The maximum atomic E-state index is 12.7. The van der Waals surface area contributed by atoms with Gasteiger partial charge >= 0.3 is 0 Å². The van der Waals surface area contributed by atoms with Crippen LogP contribution in [0.3, 0.4) is 0 Å². The summed E-state index contributed by atoms with van der Waals surface area (Å²) >= 11 is 1.59. The molecule has 0 fully saturated rings. The van der Waals surface area contributed by atoms with E-state index in [4.69, 9.17) is 0 Å². The van der Waals surface area contributed by atoms with E-state index in [1.807, 2.05) is 62.5 Å². The third-order valence-corrected chi connectivity index (χ3v) is 4.95. The maximum absolute atomic E-state index is 12.7. The first-order valence-electron chi connectivity index (χ1n) is 7.63. The Kier molecular flexibility index (Phi) is 4.68. The van der Waals surface area contributed by atoms with Gasteiger partial charge in [0.05, 0.1) is 5.25 Å². The molecule has 0 N–H and O–H groups in total. The number of benzene rings is 3. The van der Waals surface area contributed by atoms with Gasteiger partial charge in [-0.1, -0.05) is 48.5 Å². The lowest BCUT2D eigenvalue weighted by Gasteiger charge is -2.21. The van der Waals surface area contributed by atoms with Crippen LogP contribution in [0.15, 0.2) is 77.7 Å². The average Bonchev–Trinajstić information content (AvgIpc) is 2.61. The Balaban J connectivity index is 1.77. The minimum atomic E-state index is -0.131. The minimum Gasteiger partial charge on any atom is -0.315 e. The van der Waals surface area contributed by atoms with Crippen LogP contribution in [-0.4, -0.2) is 18.2 Å². The van der Waals surface area contributed by atoms with Gasteiger partial charge in [-0.05, 0) is 42.0 Å². The Morgan fingerprint density at radius 1 is 0.913 bits per heavy atom. The molecule has 1 unspecified atom stereocenters. The van der Waals surface area contributed by atoms with Crippen molar-refractivity contribution in [2.24, 2.45) is 0 Å². The van der Waals surface area contributed by atoms with Gasteiger partial charge in [0.2, 0.25) is 5.91 Å². The van der Waals surface area contributed by atoms with E-state index in [0.717, 1.165) is 16.0 Å². The molecule has 3 aromatic carbocycles. The molecule has 1 amide bonds. The summed E-state index contributed by atoms with van der Waals surface area (Å²) in [5.74, 6) is 0.106. The van der Waals surface area contributed by atoms with Crippen LogP contribution in [-0.2, 0) is 4.79 Å². The fourth-order valence-corrected chi connectivity index (χ4v) is 3.52. The number of rotatable bonds is 4. The zero-order valence-electron chi connectivity index (χ0n) is 13.3. The molecule has 0 aliphatic heterocycles. The predicted molar refractivity (Wildman–Crippen MR) is 99.1 cm³/mol. The van der Waals surface area contributed by atoms with Crippen molar-refractivity contribution in [2.75, 3.05) is 11.9 Å². The van der Waals surface area contributed by atoms with Gasteiger partial charge in [-0.2, -0.15) is 0 Å². The van der Waals surface area contributed by atoms with Gasteiger partial charge < -0.3 is 4.90 Å². The van der Waals surface area contributed by atoms with Crippen LogP contribution in [0.25, 0.3) is 10.8 Å². The molecule has 3 aromatic rings. The fourth-order valence-electron chi connectivity index (χ4n) is 2.54. The Morgan fingerprint density at radius 3 is 2.30 bits per heavy atom. The number of carbonyl (C=O) groups is 1. The summed E-state index contributed by atoms with van der Waals surface area (Å²) in [6.07, 6.45) is 0. The molecule has 0 spiro atoms. The molecule has 1 atom stereocenters. The van der Waals surface area contributed by atoms with Crippen LogP contribution in [0, 0.1) is 0 Å². The van der Waals surface area contributed by atoms with Crippen molar-refractivity contribution in [1.29, 1.82) is 0 Å². The van der Waals surface area contributed by atoms with E-state index in [0.29, 0.717) is 0 Å². The molecule has 0 heterocycles. The van der Waals surface area contributed by atoms with E-state index >= 15 is 0 Å². The lowest BCUT2D eigenvalue weighted by molar-refractivity contribution is -0.117. The summed E-state index contributed by atoms with van der Waals surface area (Å²) in [4.78, 5) is 15.5. The van der Waals surface area contributed by atoms with Crippen LogP contribution in [0.5, 0.6) is 0 Å². The highest BCUT2D eigenvalue weighted by atomic mass is 32.2. The monoisotopic (exact) mass is 321 g/mol. The number of thioether (sulfide) groups is 1. The molecule has 0 radical (unpaired) electrons. The van der Waals surface area contributed by atoms with E-state index in [1.165, 1.54) is 5.39 Å². The molecule has 0 saturated heterocycles. The number of amides is 1. The normalized spacial score (nSPS) is 12.1. The van der Waals surface area contributed by atoms with Crippen LogP contribution >= 0.6 is 11.8 Å². The largest absolute Gasteiger partial charge is 0.315 e. The molecular weight excluding hydrogens is 302 g/mol. The molecular formula is C20H19NOS. The summed E-state index contributed by atoms with van der Waals surface area (Å²) in [5, 5.41) is 2.20. The molecule has 3 heteroatoms. The maximum Gasteiger partial charge on any atom is 0.239 e. The van der Waals surface area contributed by atoms with Gasteiger partial charge in [-0.15, -0.1) is 11.8 Å². The van der Waals surface area contributed by atoms with Gasteiger partial charge in [-0.3, -0.25) is 4.79 Å². The SMILES string of the molecule is CC(Sc1ccccc1)C(=O)N(C)c1ccc2ccccc2c1. The summed E-state index contributed by atoms with van der Waals surface area (Å²) in [6.45, 7) is 1.96. The first-order chi connectivity index (χ1) is 11.1. The first kappa shape index (κ1) is 15.6. The second-order valence-electron chi connectivity index (χ2n) is 5.50. The molecule has 2 nitrogen and oxygen atoms in total. The van der Waals surface area contributed by atoms with Crippen molar-refractivity contribution >= 4 is 34.1 Å². The van der Waals surface area contributed by atoms with Crippen LogP contribution in [0.4, 0.5) is 5.69 Å². The fraction of sp³-hybridized carbons (Fsp3) is 0.150. The summed E-state index contributed by atoms with van der Waals surface area (Å²) in [5.41, 5.74) is 0.925. The van der Waals surface area contributed by atoms with E-state index in [-0.39, 0.29) is 11.2 Å². The zero-order chi connectivity index (χ0) is 16.2. The van der Waals surface area contributed by atoms with Crippen LogP contribution < -0.4 is 4.90 Å². The highest BCUT2D eigenvalue weighted by Gasteiger charge is 2.19. The Hall–Kier alpha value is -2.26. The van der Waals surface area contributed by atoms with Gasteiger partial charge in [0.15, 0.2) is 0 Å². The van der Waals surface area contributed by atoms with Crippen molar-refractivity contribution in [2.45, 2.75) is 17.1 Å². The first-order valence-corrected chi connectivity index (χ1v) is 8.51. The van der Waals surface area contributed by atoms with Crippen molar-refractivity contribution in [1.82, 2.24) is 0 Å². The number of fused-ring (bicyclic) bond motifs is 1. The van der Waals surface area contributed by atoms with Gasteiger partial charge in [0.1, 0.15) is 0 Å². The van der Waals surface area contributed by atoms with E-state index in [9.17, 15) is 4.79 Å². The van der Waals surface area contributed by atoms with E-state index < -0.39 is 0 Å².